The van der Waals surface area contributed by atoms with Crippen LogP contribution in [0.5, 0.6) is 0 Å². The average Bonchev–Trinajstić information content (AvgIpc) is 1.88. The molecule has 1 nitrogen and oxygen atoms in total. The molecule has 1 atom stereocenters. The minimum atomic E-state index is 0.187. The fourth-order valence-corrected chi connectivity index (χ4v) is 1.37. The zero-order valence-electron chi connectivity index (χ0n) is 8.40. The van der Waals surface area contributed by atoms with Gasteiger partial charge in [0.05, 0.1) is 6.10 Å². The molecule has 0 spiro atoms. The first kappa shape index (κ1) is 10.7. The maximum Gasteiger partial charge on any atom is 0.0826 e. The molecule has 0 saturated heterocycles. The monoisotopic (exact) mass is 156 g/mol. The van der Waals surface area contributed by atoms with E-state index in [1.54, 1.807) is 7.11 Å². The summed E-state index contributed by atoms with van der Waals surface area (Å²) in [6, 6.07) is 0. The average molecular weight is 156 g/mol. The van der Waals surface area contributed by atoms with Gasteiger partial charge in [0, 0.05) is 7.11 Å². The van der Waals surface area contributed by atoms with Crippen LogP contribution >= 0.6 is 0 Å². The van der Waals surface area contributed by atoms with Gasteiger partial charge >= 0.3 is 0 Å². The minimum Gasteiger partial charge on any atom is -0.377 e. The van der Waals surface area contributed by atoms with Gasteiger partial charge in [0.25, 0.3) is 0 Å². The van der Waals surface area contributed by atoms with Crippen LogP contribution in [0.15, 0.2) is 12.2 Å². The van der Waals surface area contributed by atoms with Crippen molar-refractivity contribution < 1.29 is 4.74 Å². The number of rotatable bonds is 4. The Balaban J connectivity index is 4.36. The van der Waals surface area contributed by atoms with E-state index in [2.05, 4.69) is 27.4 Å². The third kappa shape index (κ3) is 2.66. The largest absolute Gasteiger partial charge is 0.377 e. The Morgan fingerprint density at radius 2 is 2.00 bits per heavy atom. The molecule has 0 saturated carbocycles. The molecule has 0 fully saturated rings. The molecule has 66 valence electrons. The highest BCUT2D eigenvalue weighted by molar-refractivity contribution is 5.03. The van der Waals surface area contributed by atoms with Crippen molar-refractivity contribution in [2.45, 2.75) is 40.2 Å². The molecular formula is C10H20O. The van der Waals surface area contributed by atoms with Crippen LogP contribution in [-0.4, -0.2) is 13.2 Å². The fraction of sp³-hybridized carbons (Fsp3) is 0.800. The van der Waals surface area contributed by atoms with E-state index in [1.165, 1.54) is 0 Å². The predicted molar refractivity (Wildman–Crippen MR) is 49.7 cm³/mol. The van der Waals surface area contributed by atoms with Crippen LogP contribution in [0.25, 0.3) is 0 Å². The van der Waals surface area contributed by atoms with Gasteiger partial charge in [0.15, 0.2) is 0 Å². The van der Waals surface area contributed by atoms with Crippen molar-refractivity contribution in [1.29, 1.82) is 0 Å². The van der Waals surface area contributed by atoms with Crippen molar-refractivity contribution in [3.05, 3.63) is 12.2 Å². The zero-order valence-corrected chi connectivity index (χ0v) is 8.40. The summed E-state index contributed by atoms with van der Waals surface area (Å²) in [5.74, 6) is 0. The number of methoxy groups -OCH3 is 1. The number of ether oxygens (including phenoxy) is 1. The predicted octanol–water partition coefficient (Wildman–Crippen LogP) is 3.01. The van der Waals surface area contributed by atoms with Gasteiger partial charge in [-0.2, -0.15) is 0 Å². The SMILES string of the molecule is C=C(C)C(OC)C(C)(C)CC. The Labute approximate surface area is 70.4 Å². The lowest BCUT2D eigenvalue weighted by molar-refractivity contribution is 0.0322. The van der Waals surface area contributed by atoms with Crippen LogP contribution in [0.3, 0.4) is 0 Å². The van der Waals surface area contributed by atoms with Crippen LogP contribution in [0.2, 0.25) is 0 Å². The Bertz CT molecular complexity index is 136. The zero-order chi connectivity index (χ0) is 9.07. The van der Waals surface area contributed by atoms with E-state index in [-0.39, 0.29) is 11.5 Å². The second kappa shape index (κ2) is 3.91. The van der Waals surface area contributed by atoms with Crippen molar-refractivity contribution in [1.82, 2.24) is 0 Å². The van der Waals surface area contributed by atoms with Crippen LogP contribution in [0.4, 0.5) is 0 Å². The van der Waals surface area contributed by atoms with Gasteiger partial charge in [-0.05, 0) is 18.8 Å². The summed E-state index contributed by atoms with van der Waals surface area (Å²) in [7, 11) is 1.75. The van der Waals surface area contributed by atoms with E-state index in [1.807, 2.05) is 6.92 Å². The summed E-state index contributed by atoms with van der Waals surface area (Å²) in [6.45, 7) is 12.5. The van der Waals surface area contributed by atoms with E-state index < -0.39 is 0 Å². The van der Waals surface area contributed by atoms with Crippen molar-refractivity contribution in [3.63, 3.8) is 0 Å². The summed E-state index contributed by atoms with van der Waals surface area (Å²) >= 11 is 0. The molecule has 0 amide bonds. The summed E-state index contributed by atoms with van der Waals surface area (Å²) in [5, 5.41) is 0. The third-order valence-corrected chi connectivity index (χ3v) is 2.30. The highest BCUT2D eigenvalue weighted by atomic mass is 16.5. The van der Waals surface area contributed by atoms with E-state index in [4.69, 9.17) is 4.74 Å². The maximum absolute atomic E-state index is 5.37. The van der Waals surface area contributed by atoms with E-state index in [9.17, 15) is 0 Å². The molecule has 0 rings (SSSR count). The standard InChI is InChI=1S/C10H20O/c1-7-10(4,5)9(11-6)8(2)3/h9H,2,7H2,1,3-6H3. The highest BCUT2D eigenvalue weighted by Gasteiger charge is 2.27. The van der Waals surface area contributed by atoms with Crippen LogP contribution < -0.4 is 0 Å². The van der Waals surface area contributed by atoms with Gasteiger partial charge in [0.2, 0.25) is 0 Å². The van der Waals surface area contributed by atoms with Crippen molar-refractivity contribution in [2.75, 3.05) is 7.11 Å². The molecule has 1 unspecified atom stereocenters. The molecule has 0 aromatic carbocycles. The topological polar surface area (TPSA) is 9.23 Å². The highest BCUT2D eigenvalue weighted by Crippen LogP contribution is 2.30. The molecule has 0 N–H and O–H groups in total. The van der Waals surface area contributed by atoms with Crippen LogP contribution in [0, 0.1) is 5.41 Å². The van der Waals surface area contributed by atoms with Crippen molar-refractivity contribution in [3.8, 4) is 0 Å². The van der Waals surface area contributed by atoms with Gasteiger partial charge in [-0.3, -0.25) is 0 Å². The molecule has 0 aliphatic rings. The van der Waals surface area contributed by atoms with Gasteiger partial charge in [-0.1, -0.05) is 32.9 Å². The first-order chi connectivity index (χ1) is 4.95. The summed E-state index contributed by atoms with van der Waals surface area (Å²) in [6.07, 6.45) is 1.30. The minimum absolute atomic E-state index is 0.187. The van der Waals surface area contributed by atoms with Crippen molar-refractivity contribution >= 4 is 0 Å². The van der Waals surface area contributed by atoms with Gasteiger partial charge < -0.3 is 4.74 Å². The molecule has 0 aromatic rings. The first-order valence-electron chi connectivity index (χ1n) is 4.14. The van der Waals surface area contributed by atoms with Gasteiger partial charge in [0.1, 0.15) is 0 Å². The lowest BCUT2D eigenvalue weighted by atomic mass is 9.81. The fourth-order valence-electron chi connectivity index (χ4n) is 1.37. The Morgan fingerprint density at radius 3 is 2.09 bits per heavy atom. The third-order valence-electron chi connectivity index (χ3n) is 2.30. The van der Waals surface area contributed by atoms with Crippen LogP contribution in [-0.2, 0) is 4.74 Å². The first-order valence-corrected chi connectivity index (χ1v) is 4.14. The second-order valence-electron chi connectivity index (χ2n) is 3.80. The summed E-state index contributed by atoms with van der Waals surface area (Å²) in [4.78, 5) is 0. The second-order valence-corrected chi connectivity index (χ2v) is 3.80. The van der Waals surface area contributed by atoms with Crippen LogP contribution in [0.1, 0.15) is 34.1 Å². The molecule has 0 radical (unpaired) electrons. The molecule has 0 aliphatic heterocycles. The molecule has 0 aliphatic carbocycles. The maximum atomic E-state index is 5.37. The summed E-state index contributed by atoms with van der Waals surface area (Å²) < 4.78 is 5.37. The van der Waals surface area contributed by atoms with Gasteiger partial charge in [-0.15, -0.1) is 0 Å². The van der Waals surface area contributed by atoms with Crippen molar-refractivity contribution in [2.24, 2.45) is 5.41 Å². The quantitative estimate of drug-likeness (QED) is 0.568. The normalized spacial score (nSPS) is 14.6. The molecule has 1 heteroatoms. The Morgan fingerprint density at radius 1 is 1.55 bits per heavy atom. The molecule has 0 bridgehead atoms. The van der Waals surface area contributed by atoms with E-state index >= 15 is 0 Å². The molecule has 11 heavy (non-hydrogen) atoms. The Kier molecular flexibility index (Phi) is 3.81. The lowest BCUT2D eigenvalue weighted by Gasteiger charge is -2.32. The molecule has 0 aromatic heterocycles. The summed E-state index contributed by atoms with van der Waals surface area (Å²) in [5.41, 5.74) is 1.32. The number of hydrogen-bond donors (Lipinski definition) is 0. The molecule has 0 heterocycles. The van der Waals surface area contributed by atoms with E-state index in [0.717, 1.165) is 12.0 Å². The Hall–Kier alpha value is -0.300. The molecular weight excluding hydrogens is 136 g/mol. The van der Waals surface area contributed by atoms with E-state index in [0.29, 0.717) is 0 Å². The number of hydrogen-bond acceptors (Lipinski definition) is 1. The smallest absolute Gasteiger partial charge is 0.0826 e. The lowest BCUT2D eigenvalue weighted by Crippen LogP contribution is -2.31. The van der Waals surface area contributed by atoms with Gasteiger partial charge in [-0.25, -0.2) is 0 Å².